The van der Waals surface area contributed by atoms with Crippen LogP contribution in [0.4, 0.5) is 0 Å². The molecule has 0 aliphatic rings. The fourth-order valence-electron chi connectivity index (χ4n) is 7.98. The highest BCUT2D eigenvalue weighted by molar-refractivity contribution is 5.71. The van der Waals surface area contributed by atoms with Crippen molar-refractivity contribution in [1.29, 1.82) is 0 Å². The molecule has 0 spiro atoms. The van der Waals surface area contributed by atoms with Crippen molar-refractivity contribution in [3.8, 4) is 0 Å². The number of carbonyl (C=O) groups is 3. The van der Waals surface area contributed by atoms with Crippen LogP contribution < -0.4 is 0 Å². The van der Waals surface area contributed by atoms with Crippen molar-refractivity contribution in [2.24, 2.45) is 0 Å². The first-order valence-corrected chi connectivity index (χ1v) is 30.0. The van der Waals surface area contributed by atoms with E-state index in [-0.39, 0.29) is 31.1 Å². The third kappa shape index (κ3) is 58.6. The minimum absolute atomic E-state index is 0.0996. The van der Waals surface area contributed by atoms with Gasteiger partial charge in [0.25, 0.3) is 0 Å². The molecule has 0 amide bonds. The van der Waals surface area contributed by atoms with Gasteiger partial charge < -0.3 is 14.2 Å². The Balaban J connectivity index is 4.41. The van der Waals surface area contributed by atoms with E-state index in [0.717, 1.165) is 135 Å². The Labute approximate surface area is 450 Å². The molecule has 0 saturated heterocycles. The summed E-state index contributed by atoms with van der Waals surface area (Å²) in [5.74, 6) is -0.947. The van der Waals surface area contributed by atoms with Crippen molar-refractivity contribution < 1.29 is 28.6 Å². The molecule has 1 unspecified atom stereocenters. The Morgan fingerprint density at radius 1 is 0.288 bits per heavy atom. The van der Waals surface area contributed by atoms with E-state index in [1.54, 1.807) is 0 Å². The highest BCUT2D eigenvalue weighted by Crippen LogP contribution is 2.14. The average Bonchev–Trinajstić information content (AvgIpc) is 3.39. The first-order valence-electron chi connectivity index (χ1n) is 30.0. The Kier molecular flexibility index (Phi) is 56.9. The van der Waals surface area contributed by atoms with Crippen LogP contribution in [0.25, 0.3) is 0 Å². The number of hydrogen-bond acceptors (Lipinski definition) is 6. The second-order valence-electron chi connectivity index (χ2n) is 19.5. The van der Waals surface area contributed by atoms with Gasteiger partial charge >= 0.3 is 17.9 Å². The lowest BCUT2D eigenvalue weighted by Crippen LogP contribution is -2.30. The van der Waals surface area contributed by atoms with E-state index >= 15 is 0 Å². The summed E-state index contributed by atoms with van der Waals surface area (Å²) < 4.78 is 16.8. The van der Waals surface area contributed by atoms with Crippen LogP contribution in [0.15, 0.2) is 122 Å². The van der Waals surface area contributed by atoms with Crippen LogP contribution in [0, 0.1) is 0 Å². The average molecular weight is 1010 g/mol. The van der Waals surface area contributed by atoms with Gasteiger partial charge in [0.05, 0.1) is 0 Å². The van der Waals surface area contributed by atoms with Gasteiger partial charge in [0.2, 0.25) is 0 Å². The Morgan fingerprint density at radius 3 is 0.863 bits per heavy atom. The molecule has 6 heteroatoms. The summed E-state index contributed by atoms with van der Waals surface area (Å²) in [5, 5.41) is 0. The molecule has 0 aliphatic heterocycles. The number of hydrogen-bond donors (Lipinski definition) is 0. The predicted octanol–water partition coefficient (Wildman–Crippen LogP) is 20.4. The maximum Gasteiger partial charge on any atom is 0.306 e. The molecular weight excluding hydrogens is 901 g/mol. The molecule has 0 fully saturated rings. The first kappa shape index (κ1) is 68.8. The van der Waals surface area contributed by atoms with Gasteiger partial charge in [-0.15, -0.1) is 0 Å². The minimum atomic E-state index is -0.803. The maximum absolute atomic E-state index is 12.9. The van der Waals surface area contributed by atoms with Crippen LogP contribution >= 0.6 is 0 Å². The monoisotopic (exact) mass is 1010 g/mol. The van der Waals surface area contributed by atoms with E-state index < -0.39 is 6.10 Å². The number of unbranched alkanes of at least 4 members (excludes halogenated alkanes) is 22. The van der Waals surface area contributed by atoms with Crippen molar-refractivity contribution in [3.05, 3.63) is 122 Å². The van der Waals surface area contributed by atoms with Gasteiger partial charge in [-0.1, -0.05) is 239 Å². The largest absolute Gasteiger partial charge is 0.462 e. The topological polar surface area (TPSA) is 78.9 Å². The molecule has 0 aromatic heterocycles. The second kappa shape index (κ2) is 60.4. The number of esters is 3. The zero-order valence-electron chi connectivity index (χ0n) is 47.4. The number of carbonyl (C=O) groups excluding carboxylic acids is 3. The number of ether oxygens (including phenoxy) is 3. The zero-order chi connectivity index (χ0) is 52.9. The van der Waals surface area contributed by atoms with E-state index in [4.69, 9.17) is 14.2 Å². The van der Waals surface area contributed by atoms with E-state index in [0.29, 0.717) is 19.3 Å². The molecule has 0 saturated carbocycles. The molecule has 0 aliphatic carbocycles. The Hall–Kier alpha value is -4.19. The lowest BCUT2D eigenvalue weighted by atomic mass is 10.1. The lowest BCUT2D eigenvalue weighted by molar-refractivity contribution is -0.167. The van der Waals surface area contributed by atoms with Gasteiger partial charge in [-0.05, 0) is 128 Å². The van der Waals surface area contributed by atoms with Crippen LogP contribution in [0.2, 0.25) is 0 Å². The second-order valence-corrected chi connectivity index (χ2v) is 19.5. The summed E-state index contributed by atoms with van der Waals surface area (Å²) in [4.78, 5) is 38.2. The van der Waals surface area contributed by atoms with E-state index in [9.17, 15) is 14.4 Å². The van der Waals surface area contributed by atoms with Gasteiger partial charge in [0.15, 0.2) is 6.10 Å². The molecule has 6 nitrogen and oxygen atoms in total. The molecule has 73 heavy (non-hydrogen) atoms. The number of rotatable bonds is 53. The van der Waals surface area contributed by atoms with E-state index in [1.165, 1.54) is 89.9 Å². The van der Waals surface area contributed by atoms with Crippen LogP contribution in [0.5, 0.6) is 0 Å². The zero-order valence-corrected chi connectivity index (χ0v) is 47.4. The van der Waals surface area contributed by atoms with Gasteiger partial charge in [-0.2, -0.15) is 0 Å². The van der Waals surface area contributed by atoms with Crippen molar-refractivity contribution in [2.75, 3.05) is 13.2 Å². The van der Waals surface area contributed by atoms with E-state index in [1.807, 2.05) is 0 Å². The SMILES string of the molecule is CC/C=C\C/C=C\C/C=C\C/C=C\C/C=C\C/C=C\CCCCCCCCC(=O)OCC(COC(=O)CCCCC/C=C\C/C=C\C/C=C\CC)OC(=O)CCCCCCCCC/C=C\CCCCCCCC. The third-order valence-corrected chi connectivity index (χ3v) is 12.4. The summed E-state index contributed by atoms with van der Waals surface area (Å²) in [6.07, 6.45) is 83.4. The Morgan fingerprint density at radius 2 is 0.534 bits per heavy atom. The van der Waals surface area contributed by atoms with Crippen LogP contribution in [-0.2, 0) is 28.6 Å². The molecule has 0 radical (unpaired) electrons. The normalized spacial score (nSPS) is 13.0. The van der Waals surface area contributed by atoms with Crippen LogP contribution in [0.1, 0.15) is 265 Å². The van der Waals surface area contributed by atoms with Gasteiger partial charge in [-0.25, -0.2) is 0 Å². The molecule has 0 bridgehead atoms. The van der Waals surface area contributed by atoms with Crippen LogP contribution in [0.3, 0.4) is 0 Å². The molecular formula is C67H110O6. The first-order chi connectivity index (χ1) is 36.0. The molecule has 0 N–H and O–H groups in total. The highest BCUT2D eigenvalue weighted by Gasteiger charge is 2.19. The Bertz CT molecular complexity index is 1540. The van der Waals surface area contributed by atoms with Crippen molar-refractivity contribution in [2.45, 2.75) is 271 Å². The molecule has 0 heterocycles. The summed E-state index contributed by atoms with van der Waals surface area (Å²) in [5.41, 5.74) is 0. The highest BCUT2D eigenvalue weighted by atomic mass is 16.6. The van der Waals surface area contributed by atoms with E-state index in [2.05, 4.69) is 142 Å². The van der Waals surface area contributed by atoms with Gasteiger partial charge in [0, 0.05) is 19.3 Å². The third-order valence-electron chi connectivity index (χ3n) is 12.4. The fraction of sp³-hybridized carbons (Fsp3) is 0.657. The molecule has 0 rings (SSSR count). The smallest absolute Gasteiger partial charge is 0.306 e. The standard InChI is InChI=1S/C67H110O6/c1-4-7-10-13-16-19-22-25-27-29-30-31-32-33-34-35-36-38-39-42-45-48-51-54-57-60-66(69)72-63-64(62-71-65(68)59-56-53-50-47-44-41-24-21-18-15-12-9-6-3)73-67(70)61-58-55-52-49-46-43-40-37-28-26-23-20-17-14-11-8-5-2/h7,9-10,12,16,18-19,21,25-28,30-31,33-34,36,38,41,44,64H,4-6,8,11,13-15,17,20,22-24,29,32,35,37,39-40,42-43,45-63H2,1-3H3/b10-7-,12-9-,19-16-,21-18-,27-25-,28-26-,31-30-,34-33-,38-36-,44-41-. The van der Waals surface area contributed by atoms with Gasteiger partial charge in [0.1, 0.15) is 13.2 Å². The van der Waals surface area contributed by atoms with Crippen molar-refractivity contribution in [3.63, 3.8) is 0 Å². The lowest BCUT2D eigenvalue weighted by Gasteiger charge is -2.18. The molecule has 0 aromatic rings. The quantitative estimate of drug-likeness (QED) is 0.0261. The fourth-order valence-corrected chi connectivity index (χ4v) is 7.98. The molecule has 0 aromatic carbocycles. The number of allylic oxidation sites excluding steroid dienone is 20. The van der Waals surface area contributed by atoms with Gasteiger partial charge in [-0.3, -0.25) is 14.4 Å². The van der Waals surface area contributed by atoms with Crippen molar-refractivity contribution >= 4 is 17.9 Å². The predicted molar refractivity (Wildman–Crippen MR) is 316 cm³/mol. The summed E-state index contributed by atoms with van der Waals surface area (Å²) in [6, 6.07) is 0. The molecule has 1 atom stereocenters. The summed E-state index contributed by atoms with van der Waals surface area (Å²) >= 11 is 0. The van der Waals surface area contributed by atoms with Crippen molar-refractivity contribution in [1.82, 2.24) is 0 Å². The summed E-state index contributed by atoms with van der Waals surface area (Å²) in [7, 11) is 0. The summed E-state index contributed by atoms with van der Waals surface area (Å²) in [6.45, 7) is 6.37. The molecule has 414 valence electrons. The maximum atomic E-state index is 12.9. The van der Waals surface area contributed by atoms with Crippen LogP contribution in [-0.4, -0.2) is 37.2 Å². The minimum Gasteiger partial charge on any atom is -0.462 e.